The number of rotatable bonds is 6. The molecule has 0 rings (SSSR count). The Morgan fingerprint density at radius 3 is 2.38 bits per heavy atom. The van der Waals surface area contributed by atoms with Crippen molar-refractivity contribution in [3.8, 4) is 0 Å². The van der Waals surface area contributed by atoms with Crippen molar-refractivity contribution in [3.05, 3.63) is 0 Å². The summed E-state index contributed by atoms with van der Waals surface area (Å²) in [6.45, 7) is 3.54. The molecule has 0 heterocycles. The van der Waals surface area contributed by atoms with Gasteiger partial charge in [0.25, 0.3) is 0 Å². The second-order valence-electron chi connectivity index (χ2n) is 3.72. The molecule has 0 spiro atoms. The Hall–Kier alpha value is -1.30. The van der Waals surface area contributed by atoms with Gasteiger partial charge in [-0.2, -0.15) is 0 Å². The quantitative estimate of drug-likeness (QED) is 0.613. The molecule has 0 aromatic rings. The molecule has 0 aliphatic rings. The van der Waals surface area contributed by atoms with Crippen LogP contribution in [0.4, 0.5) is 4.79 Å². The Kier molecular flexibility index (Phi) is 6.48. The minimum atomic E-state index is -1.14. The van der Waals surface area contributed by atoms with E-state index in [1.807, 2.05) is 13.8 Å². The zero-order valence-electron chi connectivity index (χ0n) is 9.93. The standard InChI is InChI=1S/C10H20N2O4/c1-4-7(2)12(3)10(16)11-8(5-6-13)9(14)15/h7-8,13H,4-6H2,1-3H3,(H,11,16)(H,14,15). The number of carboxylic acid groups (broad SMARTS) is 1. The number of carboxylic acids is 1. The molecule has 6 nitrogen and oxygen atoms in total. The third-order valence-corrected chi connectivity index (χ3v) is 2.59. The molecular weight excluding hydrogens is 212 g/mol. The maximum absolute atomic E-state index is 11.6. The molecular formula is C10H20N2O4. The van der Waals surface area contributed by atoms with Crippen LogP contribution < -0.4 is 5.32 Å². The highest BCUT2D eigenvalue weighted by atomic mass is 16.4. The summed E-state index contributed by atoms with van der Waals surface area (Å²) in [4.78, 5) is 23.8. The fourth-order valence-corrected chi connectivity index (χ4v) is 1.11. The summed E-state index contributed by atoms with van der Waals surface area (Å²) < 4.78 is 0. The van der Waals surface area contributed by atoms with Gasteiger partial charge in [-0.1, -0.05) is 6.92 Å². The number of urea groups is 1. The first kappa shape index (κ1) is 14.7. The first-order valence-corrected chi connectivity index (χ1v) is 5.31. The monoisotopic (exact) mass is 232 g/mol. The van der Waals surface area contributed by atoms with E-state index in [2.05, 4.69) is 5.32 Å². The third-order valence-electron chi connectivity index (χ3n) is 2.59. The number of aliphatic hydroxyl groups is 1. The lowest BCUT2D eigenvalue weighted by Gasteiger charge is -2.25. The van der Waals surface area contributed by atoms with Crippen molar-refractivity contribution >= 4 is 12.0 Å². The number of nitrogens with one attached hydrogen (secondary N) is 1. The number of aliphatic hydroxyl groups excluding tert-OH is 1. The number of carbonyl (C=O) groups is 2. The third kappa shape index (κ3) is 4.48. The Morgan fingerprint density at radius 2 is 2.00 bits per heavy atom. The molecule has 2 atom stereocenters. The Labute approximate surface area is 95.2 Å². The SMILES string of the molecule is CCC(C)N(C)C(=O)NC(CCO)C(=O)O. The summed E-state index contributed by atoms with van der Waals surface area (Å²) in [5, 5.41) is 19.8. The van der Waals surface area contributed by atoms with Crippen LogP contribution in [-0.2, 0) is 4.79 Å². The Bertz CT molecular complexity index is 245. The van der Waals surface area contributed by atoms with Crippen molar-refractivity contribution in [2.75, 3.05) is 13.7 Å². The molecule has 0 aromatic carbocycles. The molecule has 0 fully saturated rings. The van der Waals surface area contributed by atoms with Crippen LogP contribution in [0, 0.1) is 0 Å². The summed E-state index contributed by atoms with van der Waals surface area (Å²) >= 11 is 0. The van der Waals surface area contributed by atoms with Crippen LogP contribution in [0.15, 0.2) is 0 Å². The van der Waals surface area contributed by atoms with Gasteiger partial charge in [0.2, 0.25) is 0 Å². The molecule has 0 aromatic heterocycles. The lowest BCUT2D eigenvalue weighted by molar-refractivity contribution is -0.139. The van der Waals surface area contributed by atoms with Gasteiger partial charge in [0.15, 0.2) is 0 Å². The highest BCUT2D eigenvalue weighted by Crippen LogP contribution is 2.01. The van der Waals surface area contributed by atoms with Crippen LogP contribution in [0.25, 0.3) is 0 Å². The van der Waals surface area contributed by atoms with Gasteiger partial charge < -0.3 is 20.4 Å². The van der Waals surface area contributed by atoms with E-state index in [1.54, 1.807) is 7.05 Å². The van der Waals surface area contributed by atoms with E-state index in [4.69, 9.17) is 10.2 Å². The van der Waals surface area contributed by atoms with E-state index in [9.17, 15) is 9.59 Å². The highest BCUT2D eigenvalue weighted by molar-refractivity contribution is 5.82. The molecule has 0 bridgehead atoms. The van der Waals surface area contributed by atoms with Gasteiger partial charge in [-0.15, -0.1) is 0 Å². The highest BCUT2D eigenvalue weighted by Gasteiger charge is 2.22. The second-order valence-corrected chi connectivity index (χ2v) is 3.72. The molecule has 6 heteroatoms. The van der Waals surface area contributed by atoms with E-state index in [1.165, 1.54) is 4.90 Å². The zero-order valence-corrected chi connectivity index (χ0v) is 9.93. The molecule has 2 amide bonds. The number of aliphatic carboxylic acids is 1. The first-order valence-electron chi connectivity index (χ1n) is 5.31. The minimum absolute atomic E-state index is 0.00934. The van der Waals surface area contributed by atoms with Crippen LogP contribution in [0.2, 0.25) is 0 Å². The lowest BCUT2D eigenvalue weighted by atomic mass is 10.2. The number of amides is 2. The minimum Gasteiger partial charge on any atom is -0.480 e. The zero-order chi connectivity index (χ0) is 12.7. The van der Waals surface area contributed by atoms with Crippen LogP contribution in [0.1, 0.15) is 26.7 Å². The van der Waals surface area contributed by atoms with E-state index in [0.29, 0.717) is 0 Å². The maximum atomic E-state index is 11.6. The van der Waals surface area contributed by atoms with E-state index in [-0.39, 0.29) is 19.1 Å². The molecule has 0 aliphatic heterocycles. The van der Waals surface area contributed by atoms with Crippen LogP contribution in [-0.4, -0.2) is 52.9 Å². The predicted molar refractivity (Wildman–Crippen MR) is 59.2 cm³/mol. The van der Waals surface area contributed by atoms with Gasteiger partial charge in [0.05, 0.1) is 0 Å². The number of nitrogens with zero attached hydrogens (tertiary/aromatic N) is 1. The fraction of sp³-hybridized carbons (Fsp3) is 0.800. The molecule has 0 saturated carbocycles. The van der Waals surface area contributed by atoms with Crippen molar-refractivity contribution in [2.24, 2.45) is 0 Å². The largest absolute Gasteiger partial charge is 0.480 e. The average molecular weight is 232 g/mol. The fourth-order valence-electron chi connectivity index (χ4n) is 1.11. The number of carbonyl (C=O) groups excluding carboxylic acids is 1. The first-order chi connectivity index (χ1) is 7.43. The van der Waals surface area contributed by atoms with E-state index >= 15 is 0 Å². The normalized spacial score (nSPS) is 14.0. The van der Waals surface area contributed by atoms with Gasteiger partial charge in [-0.05, 0) is 13.3 Å². The summed E-state index contributed by atoms with van der Waals surface area (Å²) in [7, 11) is 1.61. The van der Waals surface area contributed by atoms with Crippen LogP contribution in [0.5, 0.6) is 0 Å². The van der Waals surface area contributed by atoms with Gasteiger partial charge in [0, 0.05) is 26.1 Å². The number of hydrogen-bond acceptors (Lipinski definition) is 3. The molecule has 2 unspecified atom stereocenters. The van der Waals surface area contributed by atoms with Crippen molar-refractivity contribution in [1.29, 1.82) is 0 Å². The smallest absolute Gasteiger partial charge is 0.326 e. The molecule has 0 radical (unpaired) electrons. The van der Waals surface area contributed by atoms with Crippen molar-refractivity contribution in [2.45, 2.75) is 38.8 Å². The summed E-state index contributed by atoms with van der Waals surface area (Å²) in [6.07, 6.45) is 0.803. The molecule has 3 N–H and O–H groups in total. The van der Waals surface area contributed by atoms with Crippen LogP contribution >= 0.6 is 0 Å². The molecule has 0 aliphatic carbocycles. The topological polar surface area (TPSA) is 89.9 Å². The van der Waals surface area contributed by atoms with Gasteiger partial charge in [0.1, 0.15) is 6.04 Å². The van der Waals surface area contributed by atoms with Crippen molar-refractivity contribution in [1.82, 2.24) is 10.2 Å². The van der Waals surface area contributed by atoms with Crippen molar-refractivity contribution in [3.63, 3.8) is 0 Å². The lowest BCUT2D eigenvalue weighted by Crippen LogP contribution is -2.49. The van der Waals surface area contributed by atoms with E-state index < -0.39 is 18.0 Å². The predicted octanol–water partition coefficient (Wildman–Crippen LogP) is 0.262. The molecule has 16 heavy (non-hydrogen) atoms. The maximum Gasteiger partial charge on any atom is 0.326 e. The van der Waals surface area contributed by atoms with Gasteiger partial charge >= 0.3 is 12.0 Å². The summed E-state index contributed by atoms with van der Waals surface area (Å²) in [6, 6.07) is -1.43. The Morgan fingerprint density at radius 1 is 1.44 bits per heavy atom. The Balaban J connectivity index is 4.34. The van der Waals surface area contributed by atoms with Gasteiger partial charge in [-0.25, -0.2) is 9.59 Å². The van der Waals surface area contributed by atoms with Gasteiger partial charge in [-0.3, -0.25) is 0 Å². The number of hydrogen-bond donors (Lipinski definition) is 3. The molecule has 0 saturated heterocycles. The van der Waals surface area contributed by atoms with Crippen LogP contribution in [0.3, 0.4) is 0 Å². The van der Waals surface area contributed by atoms with E-state index in [0.717, 1.165) is 6.42 Å². The molecule has 94 valence electrons. The second kappa shape index (κ2) is 7.05. The summed E-state index contributed by atoms with van der Waals surface area (Å²) in [5.41, 5.74) is 0. The van der Waals surface area contributed by atoms with Crippen molar-refractivity contribution < 1.29 is 19.8 Å². The summed E-state index contributed by atoms with van der Waals surface area (Å²) in [5.74, 6) is -1.14. The average Bonchev–Trinajstić information content (AvgIpc) is 2.25.